The number of carbonyl (C=O) groups is 2. The number of amides is 2. The zero-order valence-corrected chi connectivity index (χ0v) is 20.2. The Labute approximate surface area is 200 Å². The number of aryl methyl sites for hydroxylation is 1. The maximum atomic E-state index is 13.3. The number of nitrogens with one attached hydrogen (secondary N) is 1. The Kier molecular flexibility index (Phi) is 5.64. The molecule has 0 bridgehead atoms. The van der Waals surface area contributed by atoms with E-state index >= 15 is 0 Å². The maximum absolute atomic E-state index is 13.3. The van der Waals surface area contributed by atoms with Crippen molar-refractivity contribution in [2.45, 2.75) is 77.0 Å². The molecule has 1 saturated carbocycles. The summed E-state index contributed by atoms with van der Waals surface area (Å²) in [7, 11) is 0. The molecule has 5 rings (SSSR count). The first-order valence-corrected chi connectivity index (χ1v) is 12.3. The monoisotopic (exact) mass is 466 g/mol. The molecule has 3 unspecified atom stereocenters. The van der Waals surface area contributed by atoms with E-state index in [4.69, 9.17) is 16.3 Å². The predicted molar refractivity (Wildman–Crippen MR) is 129 cm³/mol. The van der Waals surface area contributed by atoms with Gasteiger partial charge < -0.3 is 10.1 Å². The van der Waals surface area contributed by atoms with E-state index in [9.17, 15) is 9.59 Å². The first-order chi connectivity index (χ1) is 15.7. The van der Waals surface area contributed by atoms with Crippen molar-refractivity contribution in [2.75, 3.05) is 5.32 Å². The molecule has 2 aromatic rings. The van der Waals surface area contributed by atoms with Gasteiger partial charge in [-0.3, -0.25) is 9.69 Å². The van der Waals surface area contributed by atoms with Crippen molar-refractivity contribution in [2.24, 2.45) is 5.92 Å². The van der Waals surface area contributed by atoms with Gasteiger partial charge in [0, 0.05) is 23.2 Å². The van der Waals surface area contributed by atoms with Gasteiger partial charge in [-0.25, -0.2) is 4.79 Å². The van der Waals surface area contributed by atoms with E-state index in [0.29, 0.717) is 17.5 Å². The van der Waals surface area contributed by atoms with E-state index in [-0.39, 0.29) is 24.0 Å². The Hall–Kier alpha value is -2.53. The van der Waals surface area contributed by atoms with E-state index in [2.05, 4.69) is 17.4 Å². The fraction of sp³-hybridized carbons (Fsp3) is 0.481. The minimum atomic E-state index is -0.591. The molecule has 1 heterocycles. The minimum absolute atomic E-state index is 0.105. The normalized spacial score (nSPS) is 23.4. The second-order valence-electron chi connectivity index (χ2n) is 10.6. The number of anilines is 1. The summed E-state index contributed by atoms with van der Waals surface area (Å²) in [4.78, 5) is 27.8. The van der Waals surface area contributed by atoms with Crippen LogP contribution in [-0.2, 0) is 22.5 Å². The zero-order valence-electron chi connectivity index (χ0n) is 19.5. The third kappa shape index (κ3) is 4.35. The molecular weight excluding hydrogens is 436 g/mol. The molecule has 0 spiro atoms. The molecule has 3 atom stereocenters. The third-order valence-electron chi connectivity index (χ3n) is 7.11. The number of hydrogen-bond donors (Lipinski definition) is 1. The molecule has 2 aromatic carbocycles. The summed E-state index contributed by atoms with van der Waals surface area (Å²) in [5.74, 6) is 0.572. The van der Waals surface area contributed by atoms with Crippen LogP contribution in [0.3, 0.4) is 0 Å². The molecule has 1 N–H and O–H groups in total. The van der Waals surface area contributed by atoms with Crippen LogP contribution >= 0.6 is 11.6 Å². The van der Waals surface area contributed by atoms with Crippen molar-refractivity contribution in [3.05, 3.63) is 63.7 Å². The van der Waals surface area contributed by atoms with Crippen LogP contribution in [0.1, 0.15) is 80.7 Å². The highest BCUT2D eigenvalue weighted by atomic mass is 35.5. The highest BCUT2D eigenvalue weighted by molar-refractivity contribution is 6.30. The fourth-order valence-electron chi connectivity index (χ4n) is 5.72. The average molecular weight is 467 g/mol. The number of carbonyl (C=O) groups excluding carboxylic acids is 2. The Balaban J connectivity index is 1.50. The Bertz CT molecular complexity index is 1110. The number of ether oxygens (including phenoxy) is 1. The number of hydrogen-bond acceptors (Lipinski definition) is 3. The Morgan fingerprint density at radius 3 is 2.67 bits per heavy atom. The van der Waals surface area contributed by atoms with Gasteiger partial charge in [-0.15, -0.1) is 0 Å². The Morgan fingerprint density at radius 2 is 1.91 bits per heavy atom. The van der Waals surface area contributed by atoms with Gasteiger partial charge in [-0.1, -0.05) is 36.2 Å². The summed E-state index contributed by atoms with van der Waals surface area (Å²) in [5.41, 5.74) is 4.95. The summed E-state index contributed by atoms with van der Waals surface area (Å²) in [5, 5.41) is 3.80. The molecule has 0 radical (unpaired) electrons. The Morgan fingerprint density at radius 1 is 1.12 bits per heavy atom. The molecule has 174 valence electrons. The first kappa shape index (κ1) is 22.3. The molecule has 0 saturated heterocycles. The van der Waals surface area contributed by atoms with Crippen LogP contribution < -0.4 is 5.32 Å². The molecule has 6 heteroatoms. The van der Waals surface area contributed by atoms with Crippen molar-refractivity contribution in [3.8, 4) is 0 Å². The minimum Gasteiger partial charge on any atom is -0.444 e. The summed E-state index contributed by atoms with van der Waals surface area (Å²) < 4.78 is 5.80. The van der Waals surface area contributed by atoms with E-state index in [1.165, 1.54) is 11.1 Å². The van der Waals surface area contributed by atoms with E-state index in [0.717, 1.165) is 48.9 Å². The lowest BCUT2D eigenvalue weighted by Gasteiger charge is -2.33. The molecule has 1 aliphatic heterocycles. The largest absolute Gasteiger partial charge is 0.444 e. The summed E-state index contributed by atoms with van der Waals surface area (Å²) in [6.45, 7) is 6.06. The maximum Gasteiger partial charge on any atom is 0.411 e. The van der Waals surface area contributed by atoms with E-state index in [1.807, 2.05) is 49.9 Å². The molecule has 0 aromatic heterocycles. The first-order valence-electron chi connectivity index (χ1n) is 11.9. The highest BCUT2D eigenvalue weighted by Gasteiger charge is 2.41. The van der Waals surface area contributed by atoms with Crippen LogP contribution in [0.4, 0.5) is 10.5 Å². The summed E-state index contributed by atoms with van der Waals surface area (Å²) >= 11 is 6.22. The summed E-state index contributed by atoms with van der Waals surface area (Å²) in [6, 6.07) is 11.9. The predicted octanol–water partition coefficient (Wildman–Crippen LogP) is 6.60. The van der Waals surface area contributed by atoms with E-state index < -0.39 is 5.60 Å². The average Bonchev–Trinajstić information content (AvgIpc) is 3.37. The van der Waals surface area contributed by atoms with Gasteiger partial charge in [-0.2, -0.15) is 0 Å². The molecule has 5 nitrogen and oxygen atoms in total. The third-order valence-corrected chi connectivity index (χ3v) is 7.35. The van der Waals surface area contributed by atoms with Crippen LogP contribution in [0, 0.1) is 5.92 Å². The van der Waals surface area contributed by atoms with Crippen molar-refractivity contribution < 1.29 is 14.3 Å². The van der Waals surface area contributed by atoms with Gasteiger partial charge >= 0.3 is 6.09 Å². The molecule has 33 heavy (non-hydrogen) atoms. The molecule has 1 fully saturated rings. The quantitative estimate of drug-likeness (QED) is 0.554. The number of fused-ring (bicyclic) bond motifs is 4. The van der Waals surface area contributed by atoms with E-state index in [1.54, 1.807) is 0 Å². The molecule has 3 aliphatic rings. The second-order valence-corrected chi connectivity index (χ2v) is 11.0. The number of nitrogens with zero attached hydrogens (tertiary/aromatic N) is 1. The van der Waals surface area contributed by atoms with Gasteiger partial charge in [0.25, 0.3) is 0 Å². The van der Waals surface area contributed by atoms with Gasteiger partial charge in [0.2, 0.25) is 5.91 Å². The topological polar surface area (TPSA) is 58.6 Å². The van der Waals surface area contributed by atoms with Crippen molar-refractivity contribution in [1.82, 2.24) is 4.90 Å². The smallest absolute Gasteiger partial charge is 0.411 e. The highest BCUT2D eigenvalue weighted by Crippen LogP contribution is 2.49. The van der Waals surface area contributed by atoms with Crippen molar-refractivity contribution >= 4 is 29.3 Å². The zero-order chi connectivity index (χ0) is 23.3. The molecular formula is C27H31ClN2O3. The van der Waals surface area contributed by atoms with Gasteiger partial charge in [0.1, 0.15) is 5.60 Å². The lowest BCUT2D eigenvalue weighted by atomic mass is 9.82. The van der Waals surface area contributed by atoms with Gasteiger partial charge in [-0.05, 0) is 92.8 Å². The van der Waals surface area contributed by atoms with Crippen molar-refractivity contribution in [3.63, 3.8) is 0 Å². The van der Waals surface area contributed by atoms with Crippen LogP contribution in [-0.4, -0.2) is 22.5 Å². The van der Waals surface area contributed by atoms with Crippen LogP contribution in [0.2, 0.25) is 5.02 Å². The second kappa shape index (κ2) is 8.35. The number of halogens is 1. The fourth-order valence-corrected chi connectivity index (χ4v) is 5.93. The SMILES string of the molecule is CC(C)(C)OC(=O)N(Cc1cccc(Cl)c1)C1CCc2cc3c(cc21)NC(=O)C1CCCC31. The standard InChI is InChI=1S/C27H31ClN2O3/c1-27(2,3)33-26(32)30(15-16-6-4-7-18(28)12-16)24-11-10-17-13-22-19-8-5-9-20(19)25(31)29-23(22)14-21(17)24/h4,6-7,12-14,19-20,24H,5,8-11,15H2,1-3H3,(H,29,31). The van der Waals surface area contributed by atoms with Crippen LogP contribution in [0.15, 0.2) is 36.4 Å². The van der Waals surface area contributed by atoms with Crippen molar-refractivity contribution in [1.29, 1.82) is 0 Å². The van der Waals surface area contributed by atoms with Gasteiger partial charge in [0.15, 0.2) is 0 Å². The lowest BCUT2D eigenvalue weighted by molar-refractivity contribution is -0.120. The number of rotatable bonds is 3. The van der Waals surface area contributed by atoms with Crippen LogP contribution in [0.5, 0.6) is 0 Å². The number of benzene rings is 2. The molecule has 2 aliphatic carbocycles. The molecule has 2 amide bonds. The lowest BCUT2D eigenvalue weighted by Crippen LogP contribution is -2.38. The summed E-state index contributed by atoms with van der Waals surface area (Å²) in [6.07, 6.45) is 4.56. The van der Waals surface area contributed by atoms with Gasteiger partial charge in [0.05, 0.1) is 6.04 Å². The van der Waals surface area contributed by atoms with Crippen LogP contribution in [0.25, 0.3) is 0 Å².